The van der Waals surface area contributed by atoms with Gasteiger partial charge in [-0.05, 0) is 30.7 Å². The summed E-state index contributed by atoms with van der Waals surface area (Å²) < 4.78 is 5.22. The molecule has 4 heteroatoms. The summed E-state index contributed by atoms with van der Waals surface area (Å²) in [6, 6.07) is 9.77. The highest BCUT2D eigenvalue weighted by molar-refractivity contribution is 5.64. The van der Waals surface area contributed by atoms with Gasteiger partial charge in [-0.2, -0.15) is 0 Å². The highest BCUT2D eigenvalue weighted by Crippen LogP contribution is 2.27. The SMILES string of the molecule is COc1cccc(N(C)c2ncc(N)cc2C)c1. The number of aromatic nitrogens is 1. The summed E-state index contributed by atoms with van der Waals surface area (Å²) in [5, 5.41) is 0. The van der Waals surface area contributed by atoms with Crippen molar-refractivity contribution in [1.29, 1.82) is 0 Å². The number of methoxy groups -OCH3 is 1. The number of rotatable bonds is 3. The number of benzene rings is 1. The maximum atomic E-state index is 5.71. The first-order valence-corrected chi connectivity index (χ1v) is 5.71. The van der Waals surface area contributed by atoms with Crippen LogP contribution in [-0.4, -0.2) is 19.1 Å². The second-order valence-corrected chi connectivity index (χ2v) is 4.17. The van der Waals surface area contributed by atoms with Crippen molar-refractivity contribution in [3.8, 4) is 5.75 Å². The zero-order valence-corrected chi connectivity index (χ0v) is 10.8. The number of nitrogens with two attached hydrogens (primary N) is 1. The van der Waals surface area contributed by atoms with Crippen LogP contribution in [0.4, 0.5) is 17.2 Å². The van der Waals surface area contributed by atoms with Crippen LogP contribution in [0.15, 0.2) is 36.5 Å². The van der Waals surface area contributed by atoms with Crippen molar-refractivity contribution in [1.82, 2.24) is 4.98 Å². The molecule has 1 aromatic carbocycles. The van der Waals surface area contributed by atoms with Gasteiger partial charge in [0.2, 0.25) is 0 Å². The third-order valence-corrected chi connectivity index (χ3v) is 2.83. The maximum Gasteiger partial charge on any atom is 0.135 e. The molecule has 4 nitrogen and oxygen atoms in total. The van der Waals surface area contributed by atoms with Gasteiger partial charge >= 0.3 is 0 Å². The zero-order valence-electron chi connectivity index (χ0n) is 10.8. The van der Waals surface area contributed by atoms with Crippen LogP contribution in [0.3, 0.4) is 0 Å². The molecular weight excluding hydrogens is 226 g/mol. The molecule has 0 saturated heterocycles. The fourth-order valence-corrected chi connectivity index (χ4v) is 1.88. The lowest BCUT2D eigenvalue weighted by Gasteiger charge is -2.20. The number of nitrogen functional groups attached to an aromatic ring is 1. The van der Waals surface area contributed by atoms with Gasteiger partial charge in [0.05, 0.1) is 19.0 Å². The smallest absolute Gasteiger partial charge is 0.135 e. The summed E-state index contributed by atoms with van der Waals surface area (Å²) in [4.78, 5) is 6.38. The van der Waals surface area contributed by atoms with E-state index in [2.05, 4.69) is 4.98 Å². The average Bonchev–Trinajstić information content (AvgIpc) is 2.38. The van der Waals surface area contributed by atoms with E-state index in [1.54, 1.807) is 13.3 Å². The molecule has 0 spiro atoms. The van der Waals surface area contributed by atoms with Gasteiger partial charge in [-0.3, -0.25) is 0 Å². The number of aryl methyl sites for hydroxylation is 1. The van der Waals surface area contributed by atoms with E-state index in [9.17, 15) is 0 Å². The van der Waals surface area contributed by atoms with Gasteiger partial charge in [0.15, 0.2) is 0 Å². The Bertz CT molecular complexity index is 554. The molecule has 0 fully saturated rings. The number of hydrogen-bond donors (Lipinski definition) is 1. The molecule has 0 aliphatic rings. The van der Waals surface area contributed by atoms with Crippen LogP contribution < -0.4 is 15.4 Å². The molecule has 0 atom stereocenters. The Labute approximate surface area is 107 Å². The molecule has 2 rings (SSSR count). The van der Waals surface area contributed by atoms with Crippen LogP contribution in [-0.2, 0) is 0 Å². The van der Waals surface area contributed by atoms with Gasteiger partial charge < -0.3 is 15.4 Å². The van der Waals surface area contributed by atoms with E-state index in [1.165, 1.54) is 0 Å². The van der Waals surface area contributed by atoms with E-state index < -0.39 is 0 Å². The molecule has 0 radical (unpaired) electrons. The van der Waals surface area contributed by atoms with Gasteiger partial charge in [0.25, 0.3) is 0 Å². The van der Waals surface area contributed by atoms with Gasteiger partial charge in [0, 0.05) is 18.8 Å². The number of ether oxygens (including phenoxy) is 1. The lowest BCUT2D eigenvalue weighted by atomic mass is 10.2. The molecule has 18 heavy (non-hydrogen) atoms. The lowest BCUT2D eigenvalue weighted by Crippen LogP contribution is -2.13. The number of pyridine rings is 1. The lowest BCUT2D eigenvalue weighted by molar-refractivity contribution is 0.415. The summed E-state index contributed by atoms with van der Waals surface area (Å²) in [7, 11) is 3.63. The number of hydrogen-bond acceptors (Lipinski definition) is 4. The van der Waals surface area contributed by atoms with E-state index in [4.69, 9.17) is 10.5 Å². The predicted octanol–water partition coefficient (Wildman–Crippen LogP) is 2.75. The minimum atomic E-state index is 0.676. The molecule has 1 heterocycles. The third kappa shape index (κ3) is 2.37. The van der Waals surface area contributed by atoms with Crippen LogP contribution in [0.25, 0.3) is 0 Å². The van der Waals surface area contributed by atoms with Crippen molar-refractivity contribution in [2.24, 2.45) is 0 Å². The van der Waals surface area contributed by atoms with E-state index in [0.29, 0.717) is 5.69 Å². The topological polar surface area (TPSA) is 51.4 Å². The molecule has 0 amide bonds. The van der Waals surface area contributed by atoms with E-state index >= 15 is 0 Å². The summed E-state index contributed by atoms with van der Waals surface area (Å²) in [6.45, 7) is 2.00. The quantitative estimate of drug-likeness (QED) is 0.900. The molecule has 0 unspecified atom stereocenters. The van der Waals surface area contributed by atoms with Crippen molar-refractivity contribution in [3.63, 3.8) is 0 Å². The number of anilines is 3. The van der Waals surface area contributed by atoms with Crippen LogP contribution >= 0.6 is 0 Å². The Kier molecular flexibility index (Phi) is 3.37. The first-order valence-electron chi connectivity index (χ1n) is 5.71. The molecule has 0 bridgehead atoms. The summed E-state index contributed by atoms with van der Waals surface area (Å²) in [6.07, 6.45) is 1.67. The Balaban J connectivity index is 2.37. The van der Waals surface area contributed by atoms with Gasteiger partial charge in [0.1, 0.15) is 11.6 Å². The Morgan fingerprint density at radius 1 is 1.28 bits per heavy atom. The monoisotopic (exact) mass is 243 g/mol. The molecule has 0 aliphatic heterocycles. The third-order valence-electron chi connectivity index (χ3n) is 2.83. The summed E-state index contributed by atoms with van der Waals surface area (Å²) in [5.74, 6) is 1.71. The highest BCUT2D eigenvalue weighted by atomic mass is 16.5. The first-order chi connectivity index (χ1) is 8.61. The summed E-state index contributed by atoms with van der Waals surface area (Å²) in [5.41, 5.74) is 8.45. The van der Waals surface area contributed by atoms with E-state index in [0.717, 1.165) is 22.8 Å². The summed E-state index contributed by atoms with van der Waals surface area (Å²) >= 11 is 0. The van der Waals surface area contributed by atoms with E-state index in [1.807, 2.05) is 49.2 Å². The van der Waals surface area contributed by atoms with Gasteiger partial charge in [-0.25, -0.2) is 4.98 Å². The van der Waals surface area contributed by atoms with Gasteiger partial charge in [-0.1, -0.05) is 6.07 Å². The Hall–Kier alpha value is -2.23. The van der Waals surface area contributed by atoms with Crippen LogP contribution in [0, 0.1) is 6.92 Å². The minimum Gasteiger partial charge on any atom is -0.497 e. The van der Waals surface area contributed by atoms with Crippen molar-refractivity contribution in [3.05, 3.63) is 42.1 Å². The number of nitrogens with zero attached hydrogens (tertiary/aromatic N) is 2. The van der Waals surface area contributed by atoms with Gasteiger partial charge in [-0.15, -0.1) is 0 Å². The van der Waals surface area contributed by atoms with Crippen molar-refractivity contribution in [2.75, 3.05) is 24.8 Å². The second-order valence-electron chi connectivity index (χ2n) is 4.17. The van der Waals surface area contributed by atoms with Crippen molar-refractivity contribution >= 4 is 17.2 Å². The molecule has 2 aromatic rings. The first kappa shape index (κ1) is 12.2. The molecule has 1 aromatic heterocycles. The maximum absolute atomic E-state index is 5.71. The largest absolute Gasteiger partial charge is 0.497 e. The minimum absolute atomic E-state index is 0.676. The Morgan fingerprint density at radius 3 is 2.72 bits per heavy atom. The standard InChI is InChI=1S/C14H17N3O/c1-10-7-11(15)9-16-14(10)17(2)12-5-4-6-13(8-12)18-3/h4-9H,15H2,1-3H3. The zero-order chi connectivity index (χ0) is 13.1. The van der Waals surface area contributed by atoms with Crippen LogP contribution in [0.5, 0.6) is 5.75 Å². The Morgan fingerprint density at radius 2 is 2.06 bits per heavy atom. The highest BCUT2D eigenvalue weighted by Gasteiger charge is 2.09. The van der Waals surface area contributed by atoms with Crippen molar-refractivity contribution in [2.45, 2.75) is 6.92 Å². The van der Waals surface area contributed by atoms with E-state index in [-0.39, 0.29) is 0 Å². The average molecular weight is 243 g/mol. The molecule has 2 N–H and O–H groups in total. The molecule has 94 valence electrons. The fourth-order valence-electron chi connectivity index (χ4n) is 1.88. The van der Waals surface area contributed by atoms with Crippen LogP contribution in [0.1, 0.15) is 5.56 Å². The second kappa shape index (κ2) is 4.96. The fraction of sp³-hybridized carbons (Fsp3) is 0.214. The molecular formula is C14H17N3O. The van der Waals surface area contributed by atoms with Crippen LogP contribution in [0.2, 0.25) is 0 Å². The van der Waals surface area contributed by atoms with Crippen molar-refractivity contribution < 1.29 is 4.74 Å². The molecule has 0 saturated carbocycles. The molecule has 0 aliphatic carbocycles. The predicted molar refractivity (Wildman–Crippen MR) is 74.4 cm³/mol. The normalized spacial score (nSPS) is 10.2.